The lowest BCUT2D eigenvalue weighted by Crippen LogP contribution is -2.41. The average Bonchev–Trinajstić information content (AvgIpc) is 3.20. The molecule has 0 bridgehead atoms. The number of halogens is 2. The Bertz CT molecular complexity index is 2320. The van der Waals surface area contributed by atoms with E-state index < -0.39 is 69.1 Å². The number of benzene rings is 2. The molecule has 5 rings (SSSR count). The first-order valence-corrected chi connectivity index (χ1v) is 18.8. The van der Waals surface area contributed by atoms with Gasteiger partial charge in [-0.1, -0.05) is 24.3 Å². The number of carbonyl (C=O) groups is 4. The number of carboxylic acid groups (broad SMARTS) is 1. The summed E-state index contributed by atoms with van der Waals surface area (Å²) in [5, 5.41) is 12.0. The van der Waals surface area contributed by atoms with Gasteiger partial charge < -0.3 is 26.6 Å². The fraction of sp³-hybridized carbons (Fsp3) is 0.237. The zero-order valence-electron chi connectivity index (χ0n) is 30.4. The van der Waals surface area contributed by atoms with Crippen LogP contribution < -0.4 is 26.4 Å². The Morgan fingerprint density at radius 2 is 1.68 bits per heavy atom. The largest absolute Gasteiger partial charge is 0.480 e. The summed E-state index contributed by atoms with van der Waals surface area (Å²) in [6.07, 6.45) is 10.7. The van der Waals surface area contributed by atoms with E-state index in [4.69, 9.17) is 16.2 Å². The van der Waals surface area contributed by atoms with E-state index in [1.807, 2.05) is 4.72 Å². The van der Waals surface area contributed by atoms with Gasteiger partial charge in [0.15, 0.2) is 5.78 Å². The second kappa shape index (κ2) is 18.5. The molecule has 1 aliphatic heterocycles. The summed E-state index contributed by atoms with van der Waals surface area (Å²) in [4.78, 5) is 63.8. The van der Waals surface area contributed by atoms with E-state index in [1.54, 1.807) is 12.4 Å². The summed E-state index contributed by atoms with van der Waals surface area (Å²) in [6.45, 7) is 1.27. The van der Waals surface area contributed by atoms with E-state index in [0.29, 0.717) is 42.3 Å². The number of anilines is 2. The number of nitrogens with zero attached hydrogens (tertiary/aromatic N) is 4. The first-order chi connectivity index (χ1) is 27.2. The van der Waals surface area contributed by atoms with E-state index in [-0.39, 0.29) is 34.2 Å². The maximum atomic E-state index is 15.3. The van der Waals surface area contributed by atoms with Crippen LogP contribution in [-0.2, 0) is 19.6 Å². The van der Waals surface area contributed by atoms with Crippen molar-refractivity contribution in [3.05, 3.63) is 120 Å². The minimum Gasteiger partial charge on any atom is -0.480 e. The number of sulfonamides is 1. The minimum absolute atomic E-state index is 0.00635. The van der Waals surface area contributed by atoms with Crippen LogP contribution in [0.2, 0.25) is 0 Å². The third-order valence-corrected chi connectivity index (χ3v) is 10.3. The molecular weight excluding hydrogens is 767 g/mol. The van der Waals surface area contributed by atoms with Crippen molar-refractivity contribution in [3.8, 4) is 11.1 Å². The number of hydrogen-bond donors (Lipinski definition) is 5. The highest BCUT2D eigenvalue weighted by Gasteiger charge is 2.27. The molecule has 57 heavy (non-hydrogen) atoms. The topological polar surface area (TPSA) is 250 Å². The number of hydrogen-bond acceptors (Lipinski definition) is 11. The van der Waals surface area contributed by atoms with Crippen molar-refractivity contribution < 1.29 is 46.2 Å². The van der Waals surface area contributed by atoms with Crippen LogP contribution >= 0.6 is 0 Å². The van der Waals surface area contributed by atoms with E-state index in [9.17, 15) is 32.7 Å². The summed E-state index contributed by atoms with van der Waals surface area (Å²) in [5.74, 6) is -5.42. The summed E-state index contributed by atoms with van der Waals surface area (Å²) in [6, 6.07) is 5.08. The van der Waals surface area contributed by atoms with Crippen molar-refractivity contribution >= 4 is 45.1 Å². The predicted molar refractivity (Wildman–Crippen MR) is 204 cm³/mol. The number of urea groups is 1. The van der Waals surface area contributed by atoms with Crippen LogP contribution in [0.1, 0.15) is 51.7 Å². The highest BCUT2D eigenvalue weighted by atomic mass is 32.2. The standard InChI is InChI=1S/C38H38F2N8O8S/c1-48(38(42)53)33-21-43-12-8-27(33)34(49)16-22(3-2-11-41)15-32(37(51)52)46-36(50)28-17-30(40)31(18-29(28)39)47-57(54,55)26-6-4-23(5-7-26)25-19-44-35(45-20-25)24-9-13-56-14-10-24/h2-8,12,16-21,24,32,47H,9-11,13-15,41H2,1H3,(H2,42,53)(H,46,50)(H,51,52)/b3-2-,22-16?. The molecule has 7 N–H and O–H groups in total. The molecule has 1 atom stereocenters. The van der Waals surface area contributed by atoms with Crippen molar-refractivity contribution in [2.75, 3.05) is 36.4 Å². The number of allylic oxidation sites excluding steroid dienone is 2. The van der Waals surface area contributed by atoms with Crippen LogP contribution in [-0.4, -0.2) is 85.0 Å². The molecule has 3 amide bonds. The fourth-order valence-corrected chi connectivity index (χ4v) is 6.83. The van der Waals surface area contributed by atoms with Gasteiger partial charge in [-0.15, -0.1) is 0 Å². The van der Waals surface area contributed by atoms with Crippen molar-refractivity contribution in [3.63, 3.8) is 0 Å². The van der Waals surface area contributed by atoms with Gasteiger partial charge in [0.05, 0.1) is 28.0 Å². The lowest BCUT2D eigenvalue weighted by Gasteiger charge is -2.20. The molecule has 1 unspecified atom stereocenters. The normalized spacial score (nSPS) is 14.2. The van der Waals surface area contributed by atoms with Crippen LogP contribution in [0, 0.1) is 11.6 Å². The quantitative estimate of drug-likeness (QED) is 0.0652. The van der Waals surface area contributed by atoms with Crippen molar-refractivity contribution in [1.82, 2.24) is 20.3 Å². The number of pyridine rings is 1. The van der Waals surface area contributed by atoms with Gasteiger partial charge in [0, 0.05) is 74.9 Å². The Morgan fingerprint density at radius 3 is 2.32 bits per heavy atom. The number of primary amides is 1. The van der Waals surface area contributed by atoms with Gasteiger partial charge in [0.2, 0.25) is 0 Å². The van der Waals surface area contributed by atoms with E-state index in [2.05, 4.69) is 20.3 Å². The SMILES string of the molecule is CN(C(N)=O)c1cnccc1C(=O)C=C(/C=C\CN)CC(NC(=O)c1cc(F)c(NS(=O)(=O)c2ccc(-c3cnc(C4CCOCC4)nc3)cc2)cc1F)C(=O)O. The molecule has 1 aliphatic rings. The molecule has 0 radical (unpaired) electrons. The van der Waals surface area contributed by atoms with Gasteiger partial charge in [0.1, 0.15) is 23.5 Å². The van der Waals surface area contributed by atoms with E-state index >= 15 is 8.78 Å². The molecule has 19 heteroatoms. The maximum absolute atomic E-state index is 15.3. The Hall–Kier alpha value is -6.44. The van der Waals surface area contributed by atoms with Gasteiger partial charge in [-0.25, -0.2) is 36.8 Å². The number of rotatable bonds is 15. The highest BCUT2D eigenvalue weighted by Crippen LogP contribution is 2.28. The monoisotopic (exact) mass is 804 g/mol. The highest BCUT2D eigenvalue weighted by molar-refractivity contribution is 7.92. The van der Waals surface area contributed by atoms with Crippen LogP contribution in [0.4, 0.5) is 25.0 Å². The number of carboxylic acids is 1. The molecule has 16 nitrogen and oxygen atoms in total. The van der Waals surface area contributed by atoms with Crippen LogP contribution in [0.15, 0.2) is 95.9 Å². The number of aromatic nitrogens is 3. The van der Waals surface area contributed by atoms with Gasteiger partial charge in [-0.2, -0.15) is 0 Å². The zero-order valence-corrected chi connectivity index (χ0v) is 31.2. The van der Waals surface area contributed by atoms with Crippen molar-refractivity contribution in [1.29, 1.82) is 0 Å². The van der Waals surface area contributed by atoms with Crippen molar-refractivity contribution in [2.24, 2.45) is 11.5 Å². The number of ether oxygens (including phenoxy) is 1. The lowest BCUT2D eigenvalue weighted by molar-refractivity contribution is -0.139. The van der Waals surface area contributed by atoms with E-state index in [1.165, 1.54) is 61.9 Å². The summed E-state index contributed by atoms with van der Waals surface area (Å²) < 4.78 is 64.2. The molecule has 1 fully saturated rings. The molecule has 3 heterocycles. The third kappa shape index (κ3) is 10.5. The molecule has 2 aromatic carbocycles. The van der Waals surface area contributed by atoms with Crippen LogP contribution in [0.25, 0.3) is 11.1 Å². The smallest absolute Gasteiger partial charge is 0.326 e. The first-order valence-electron chi connectivity index (χ1n) is 17.3. The Balaban J connectivity index is 1.29. The van der Waals surface area contributed by atoms with Gasteiger partial charge in [-0.3, -0.25) is 24.2 Å². The van der Waals surface area contributed by atoms with Crippen LogP contribution in [0.3, 0.4) is 0 Å². The van der Waals surface area contributed by atoms with Gasteiger partial charge in [0.25, 0.3) is 15.9 Å². The number of ketones is 1. The number of aliphatic carboxylic acids is 1. The Morgan fingerprint density at radius 1 is 1.00 bits per heavy atom. The second-order valence-electron chi connectivity index (χ2n) is 12.7. The van der Waals surface area contributed by atoms with Gasteiger partial charge >= 0.3 is 12.0 Å². The average molecular weight is 805 g/mol. The van der Waals surface area contributed by atoms with Crippen LogP contribution in [0.5, 0.6) is 0 Å². The summed E-state index contributed by atoms with van der Waals surface area (Å²) >= 11 is 0. The molecule has 1 saturated heterocycles. The molecule has 0 aliphatic carbocycles. The summed E-state index contributed by atoms with van der Waals surface area (Å²) in [7, 11) is -3.14. The maximum Gasteiger partial charge on any atom is 0.326 e. The Kier molecular flexibility index (Phi) is 13.5. The third-order valence-electron chi connectivity index (χ3n) is 8.89. The van der Waals surface area contributed by atoms with Gasteiger partial charge in [-0.05, 0) is 54.3 Å². The minimum atomic E-state index is -4.46. The number of nitrogens with one attached hydrogen (secondary N) is 2. The molecular formula is C38H38F2N8O8S. The molecule has 2 aromatic heterocycles. The Labute approximate surface area is 325 Å². The molecule has 4 aromatic rings. The molecule has 0 saturated carbocycles. The number of carbonyl (C=O) groups excluding carboxylic acids is 3. The lowest BCUT2D eigenvalue weighted by atomic mass is 9.99. The van der Waals surface area contributed by atoms with Crippen molar-refractivity contribution in [2.45, 2.75) is 36.1 Å². The number of amides is 3. The molecule has 0 spiro atoms. The first kappa shape index (κ1) is 41.7. The molecule has 298 valence electrons. The fourth-order valence-electron chi connectivity index (χ4n) is 5.78. The summed E-state index contributed by atoms with van der Waals surface area (Å²) in [5.41, 5.74) is 10.5. The second-order valence-corrected chi connectivity index (χ2v) is 14.4. The van der Waals surface area contributed by atoms with E-state index in [0.717, 1.165) is 23.8 Å². The number of nitrogens with two attached hydrogens (primary N) is 2. The zero-order chi connectivity index (χ0) is 41.3. The predicted octanol–water partition coefficient (Wildman–Crippen LogP) is 3.92.